The van der Waals surface area contributed by atoms with E-state index in [1.165, 1.54) is 12.5 Å². The summed E-state index contributed by atoms with van der Waals surface area (Å²) in [4.78, 5) is 19.8. The van der Waals surface area contributed by atoms with E-state index in [0.29, 0.717) is 5.69 Å². The fourth-order valence-corrected chi connectivity index (χ4v) is 2.38. The standard InChI is InChI=1S/C13H15N2O2.C2H4O2.Hg/c1-9(17-10(2)16)15-12(8-14)7-11-5-3-4-6-13(11)15;1-2(3)4;/h7,9H,1,3-6H2,2H3;1H3,(H,3,4);/q;;+1/p-1. The second-order valence-electron chi connectivity index (χ2n) is 4.75. The topological polar surface area (TPSA) is 95.2 Å². The van der Waals surface area contributed by atoms with Gasteiger partial charge in [-0.15, -0.1) is 0 Å². The minimum Gasteiger partial charge on any atom is -0.550 e. The number of hydrogen-bond donors (Lipinski definition) is 0. The van der Waals surface area contributed by atoms with E-state index in [9.17, 15) is 4.79 Å². The molecule has 1 aromatic heterocycles. The molecule has 0 aliphatic heterocycles. The maximum atomic E-state index is 11.0. The molecule has 0 N–H and O–H groups in total. The van der Waals surface area contributed by atoms with Crippen LogP contribution in [0.5, 0.6) is 0 Å². The van der Waals surface area contributed by atoms with Gasteiger partial charge < -0.3 is 14.6 Å². The zero-order valence-electron chi connectivity index (χ0n) is 12.9. The summed E-state index contributed by atoms with van der Waals surface area (Å²) in [5.74, 6) is -1.47. The van der Waals surface area contributed by atoms with Crippen molar-refractivity contribution < 1.29 is 47.1 Å². The quantitative estimate of drug-likeness (QED) is 0.453. The fourth-order valence-electron chi connectivity index (χ4n) is 2.38. The predicted molar refractivity (Wildman–Crippen MR) is 72.6 cm³/mol. The van der Waals surface area contributed by atoms with Crippen molar-refractivity contribution in [3.05, 3.63) is 29.9 Å². The van der Waals surface area contributed by atoms with Gasteiger partial charge in [-0.05, 0) is 44.2 Å². The number of nitriles is 1. The van der Waals surface area contributed by atoms with Crippen LogP contribution in [0.4, 0.5) is 0 Å². The predicted octanol–water partition coefficient (Wildman–Crippen LogP) is 0.888. The van der Waals surface area contributed by atoms with Crippen LogP contribution >= 0.6 is 0 Å². The zero-order valence-corrected chi connectivity index (χ0v) is 18.4. The molecule has 1 unspecified atom stereocenters. The summed E-state index contributed by atoms with van der Waals surface area (Å²) in [6.07, 6.45) is 3.52. The Hall–Kier alpha value is -1.35. The molecule has 6 nitrogen and oxygen atoms in total. The monoisotopic (exact) mass is 492 g/mol. The smallest absolute Gasteiger partial charge is 0.550 e. The Balaban J connectivity index is 0.000000791. The van der Waals surface area contributed by atoms with Gasteiger partial charge in [0.15, 0.2) is 6.23 Å². The zero-order chi connectivity index (χ0) is 16.0. The molecule has 0 spiro atoms. The average Bonchev–Trinajstić information content (AvgIpc) is 2.75. The second kappa shape index (κ2) is 9.62. The second-order valence-corrected chi connectivity index (χ2v) is 4.75. The molecule has 1 heterocycles. The Kier molecular flexibility index (Phi) is 9.03. The van der Waals surface area contributed by atoms with Crippen molar-refractivity contribution >= 4 is 11.9 Å². The minimum atomic E-state index is -1.08. The molecular formula is C15H18HgN2O4. The molecule has 1 atom stereocenters. The molecule has 1 aliphatic rings. The van der Waals surface area contributed by atoms with Gasteiger partial charge in [0.25, 0.3) is 0 Å². The van der Waals surface area contributed by atoms with Crippen LogP contribution in [-0.4, -0.2) is 16.5 Å². The van der Waals surface area contributed by atoms with Gasteiger partial charge in [-0.2, -0.15) is 5.26 Å². The Morgan fingerprint density at radius 3 is 2.45 bits per heavy atom. The summed E-state index contributed by atoms with van der Waals surface area (Å²) in [5, 5.41) is 18.0. The number of aliphatic carboxylic acids is 1. The molecule has 114 valence electrons. The summed E-state index contributed by atoms with van der Waals surface area (Å²) in [6, 6.07) is 4.02. The summed E-state index contributed by atoms with van der Waals surface area (Å²) >= 11 is 0. The van der Waals surface area contributed by atoms with Crippen LogP contribution in [0.25, 0.3) is 0 Å². The van der Waals surface area contributed by atoms with E-state index in [2.05, 4.69) is 13.0 Å². The van der Waals surface area contributed by atoms with Crippen LogP contribution in [0.2, 0.25) is 0 Å². The number of nitrogens with zero attached hydrogens (tertiary/aromatic N) is 2. The van der Waals surface area contributed by atoms with Gasteiger partial charge in [0.05, 0.1) is 0 Å². The number of rotatable bonds is 2. The first-order chi connectivity index (χ1) is 9.86. The average molecular weight is 491 g/mol. The van der Waals surface area contributed by atoms with Crippen molar-refractivity contribution in [2.75, 3.05) is 0 Å². The number of hydrogen-bond acceptors (Lipinski definition) is 5. The van der Waals surface area contributed by atoms with Gasteiger partial charge >= 0.3 is 33.6 Å². The van der Waals surface area contributed by atoms with Crippen molar-refractivity contribution in [1.82, 2.24) is 4.57 Å². The van der Waals surface area contributed by atoms with Crippen LogP contribution in [-0.2, 0) is 54.8 Å². The maximum absolute atomic E-state index is 11.0. The van der Waals surface area contributed by atoms with E-state index < -0.39 is 12.2 Å². The van der Waals surface area contributed by atoms with Crippen molar-refractivity contribution in [1.29, 1.82) is 5.26 Å². The van der Waals surface area contributed by atoms with E-state index in [1.54, 1.807) is 4.57 Å². The van der Waals surface area contributed by atoms with E-state index in [-0.39, 0.29) is 33.6 Å². The van der Waals surface area contributed by atoms with Crippen molar-refractivity contribution in [3.8, 4) is 6.07 Å². The largest absolute Gasteiger partial charge is 1.00 e. The van der Waals surface area contributed by atoms with Gasteiger partial charge in [0.2, 0.25) is 0 Å². The Morgan fingerprint density at radius 1 is 1.41 bits per heavy atom. The first-order valence-electron chi connectivity index (χ1n) is 6.67. The molecule has 0 saturated heterocycles. The van der Waals surface area contributed by atoms with Crippen LogP contribution in [0.3, 0.4) is 0 Å². The van der Waals surface area contributed by atoms with Crippen molar-refractivity contribution in [2.45, 2.75) is 45.8 Å². The number of carbonyl (C=O) groups excluding carboxylic acids is 2. The third-order valence-corrected chi connectivity index (χ3v) is 3.05. The van der Waals surface area contributed by atoms with Gasteiger partial charge in [-0.3, -0.25) is 9.36 Å². The Bertz CT molecular complexity index is 571. The maximum Gasteiger partial charge on any atom is 1.00 e. The number of aryl methyl sites for hydroxylation is 1. The molecule has 0 bridgehead atoms. The van der Waals surface area contributed by atoms with Gasteiger partial charge in [0.1, 0.15) is 11.8 Å². The SMILES string of the molecule is CC(=O)[O-].[CH2]C(OC(C)=O)n1c(C#N)cc2c1CCCC2.[Hg+]. The summed E-state index contributed by atoms with van der Waals surface area (Å²) in [7, 11) is 0. The van der Waals surface area contributed by atoms with Crippen LogP contribution < -0.4 is 5.11 Å². The number of carboxylic acid groups (broad SMARTS) is 1. The first kappa shape index (κ1) is 20.6. The summed E-state index contributed by atoms with van der Waals surface area (Å²) in [5.41, 5.74) is 2.81. The molecule has 0 fully saturated rings. The van der Waals surface area contributed by atoms with Gasteiger partial charge in [0, 0.05) is 25.5 Å². The number of ether oxygens (including phenoxy) is 1. The molecule has 7 heteroatoms. The molecule has 0 aromatic carbocycles. The number of carbonyl (C=O) groups is 2. The molecule has 22 heavy (non-hydrogen) atoms. The third kappa shape index (κ3) is 5.80. The normalized spacial score (nSPS) is 13.4. The van der Waals surface area contributed by atoms with E-state index >= 15 is 0 Å². The third-order valence-electron chi connectivity index (χ3n) is 3.05. The summed E-state index contributed by atoms with van der Waals surface area (Å²) in [6.45, 7) is 6.13. The number of carboxylic acids is 1. The first-order valence-corrected chi connectivity index (χ1v) is 6.67. The van der Waals surface area contributed by atoms with E-state index in [1.807, 2.05) is 6.07 Å². The Morgan fingerprint density at radius 2 is 1.95 bits per heavy atom. The number of fused-ring (bicyclic) bond motifs is 1. The summed E-state index contributed by atoms with van der Waals surface area (Å²) < 4.78 is 6.81. The van der Waals surface area contributed by atoms with Crippen molar-refractivity contribution in [2.24, 2.45) is 0 Å². The van der Waals surface area contributed by atoms with E-state index in [4.69, 9.17) is 19.9 Å². The van der Waals surface area contributed by atoms with Crippen LogP contribution in [0.15, 0.2) is 6.07 Å². The number of aromatic nitrogens is 1. The van der Waals surface area contributed by atoms with Gasteiger partial charge in [-0.1, -0.05) is 0 Å². The molecule has 2 radical (unpaired) electrons. The molecule has 0 amide bonds. The molecule has 0 saturated carbocycles. The van der Waals surface area contributed by atoms with Gasteiger partial charge in [-0.25, -0.2) is 0 Å². The Labute approximate surface area is 150 Å². The fraction of sp³-hybridized carbons (Fsp3) is 0.467. The van der Waals surface area contributed by atoms with Crippen LogP contribution in [0, 0.1) is 18.3 Å². The molecular weight excluding hydrogens is 473 g/mol. The van der Waals surface area contributed by atoms with E-state index in [0.717, 1.165) is 38.3 Å². The number of esters is 1. The minimum absolute atomic E-state index is 0. The molecule has 1 aliphatic carbocycles. The molecule has 1 aromatic rings. The van der Waals surface area contributed by atoms with Crippen LogP contribution in [0.1, 0.15) is 49.9 Å². The molecule has 2 rings (SSSR count). The van der Waals surface area contributed by atoms with Crippen molar-refractivity contribution in [3.63, 3.8) is 0 Å².